The number of carbonyl (C=O) groups is 1. The molecule has 3 unspecified atom stereocenters. The summed E-state index contributed by atoms with van der Waals surface area (Å²) in [7, 11) is 1.61. The lowest BCUT2D eigenvalue weighted by Crippen LogP contribution is -2.46. The number of carbonyl (C=O) groups excluding carboxylic acids is 1. The van der Waals surface area contributed by atoms with Crippen LogP contribution in [-0.2, 0) is 18.4 Å². The predicted molar refractivity (Wildman–Crippen MR) is 249 cm³/mol. The molecule has 0 fully saturated rings. The molecular formula is C49H98N2O6P+. The quantitative estimate of drug-likeness (QED) is 0.0244. The zero-order chi connectivity index (χ0) is 42.8. The van der Waals surface area contributed by atoms with Crippen LogP contribution >= 0.6 is 7.82 Å². The van der Waals surface area contributed by atoms with Crippen LogP contribution in [0.5, 0.6) is 0 Å². The summed E-state index contributed by atoms with van der Waals surface area (Å²) in [6.07, 6.45) is 49.2. The second kappa shape index (κ2) is 41.3. The minimum Gasteiger partial charge on any atom is -0.391 e. The first kappa shape index (κ1) is 57.0. The Bertz CT molecular complexity index is 1000. The smallest absolute Gasteiger partial charge is 0.391 e. The maximum absolute atomic E-state index is 12.9. The molecule has 58 heavy (non-hydrogen) atoms. The van der Waals surface area contributed by atoms with E-state index < -0.39 is 20.0 Å². The fourth-order valence-electron chi connectivity index (χ4n) is 7.25. The largest absolute Gasteiger partial charge is 0.472 e. The Morgan fingerprint density at radius 3 is 1.45 bits per heavy atom. The Labute approximate surface area is 360 Å². The Morgan fingerprint density at radius 1 is 0.586 bits per heavy atom. The average molecular weight is 842 g/mol. The van der Waals surface area contributed by atoms with Crippen LogP contribution in [0.1, 0.15) is 232 Å². The van der Waals surface area contributed by atoms with Crippen LogP contribution < -0.4 is 5.32 Å². The summed E-state index contributed by atoms with van der Waals surface area (Å²) in [5, 5.41) is 14.0. The van der Waals surface area contributed by atoms with Gasteiger partial charge in [0.15, 0.2) is 0 Å². The van der Waals surface area contributed by atoms with Crippen LogP contribution in [0.2, 0.25) is 0 Å². The topological polar surface area (TPSA) is 105 Å². The number of aliphatic hydroxyl groups excluding tert-OH is 1. The van der Waals surface area contributed by atoms with Crippen molar-refractivity contribution in [2.24, 2.45) is 0 Å². The molecule has 3 N–H and O–H groups in total. The van der Waals surface area contributed by atoms with E-state index in [0.29, 0.717) is 23.9 Å². The van der Waals surface area contributed by atoms with E-state index in [2.05, 4.69) is 43.5 Å². The van der Waals surface area contributed by atoms with Gasteiger partial charge in [-0.1, -0.05) is 205 Å². The van der Waals surface area contributed by atoms with E-state index in [1.807, 2.05) is 21.1 Å². The first-order valence-electron chi connectivity index (χ1n) is 24.7. The molecule has 0 radical (unpaired) electrons. The first-order chi connectivity index (χ1) is 28.0. The lowest BCUT2D eigenvalue weighted by atomic mass is 10.0. The molecule has 0 aliphatic rings. The van der Waals surface area contributed by atoms with Crippen LogP contribution in [-0.4, -0.2) is 73.4 Å². The number of phosphoric acid groups is 1. The normalized spacial score (nSPS) is 14.4. The third kappa shape index (κ3) is 43.1. The van der Waals surface area contributed by atoms with Gasteiger partial charge in [0.25, 0.3) is 0 Å². The van der Waals surface area contributed by atoms with E-state index in [1.165, 1.54) is 154 Å². The van der Waals surface area contributed by atoms with Crippen LogP contribution in [0.15, 0.2) is 24.3 Å². The zero-order valence-electron chi connectivity index (χ0n) is 39.0. The summed E-state index contributed by atoms with van der Waals surface area (Å²) in [6.45, 7) is 4.87. The van der Waals surface area contributed by atoms with Gasteiger partial charge in [-0.15, -0.1) is 0 Å². The fourth-order valence-corrected chi connectivity index (χ4v) is 7.99. The molecule has 0 aromatic carbocycles. The van der Waals surface area contributed by atoms with Gasteiger partial charge in [-0.05, 0) is 44.9 Å². The Hall–Kier alpha value is -1.02. The summed E-state index contributed by atoms with van der Waals surface area (Å²) in [5.74, 6) is -0.151. The standard InChI is InChI=1S/C49H97N2O6P/c1-6-8-10-12-14-16-18-20-22-24-25-27-28-30-32-34-36-38-40-42-48(52)47(46-57-58(54,55)56-45-44-51(3,4)5)50-49(53)43-41-39-37-35-33-31-29-26-23-21-19-17-15-13-11-9-7-2/h15,17,21,23,47-48,52H,6-14,16,18-20,22,24-46H2,1-5H3,(H-,50,53,54,55)/p+1/b17-15-,23-21-. The third-order valence-electron chi connectivity index (χ3n) is 11.2. The molecule has 1 amide bonds. The van der Waals surface area contributed by atoms with Crippen LogP contribution in [0.3, 0.4) is 0 Å². The van der Waals surface area contributed by atoms with Crippen LogP contribution in [0.4, 0.5) is 0 Å². The van der Waals surface area contributed by atoms with Crippen molar-refractivity contribution in [2.75, 3.05) is 40.9 Å². The van der Waals surface area contributed by atoms with Crippen molar-refractivity contribution < 1.29 is 32.9 Å². The van der Waals surface area contributed by atoms with Crippen LogP contribution in [0, 0.1) is 0 Å². The highest BCUT2D eigenvalue weighted by molar-refractivity contribution is 7.47. The number of quaternary nitrogens is 1. The lowest BCUT2D eigenvalue weighted by Gasteiger charge is -2.26. The number of amides is 1. The third-order valence-corrected chi connectivity index (χ3v) is 12.2. The highest BCUT2D eigenvalue weighted by atomic mass is 31.2. The van der Waals surface area contributed by atoms with E-state index >= 15 is 0 Å². The van der Waals surface area contributed by atoms with E-state index in [1.54, 1.807) is 0 Å². The number of unbranched alkanes of at least 4 members (excludes halogenated alkanes) is 28. The predicted octanol–water partition coefficient (Wildman–Crippen LogP) is 14.1. The van der Waals surface area contributed by atoms with Gasteiger partial charge in [0.2, 0.25) is 5.91 Å². The van der Waals surface area contributed by atoms with Crippen LogP contribution in [0.25, 0.3) is 0 Å². The summed E-state index contributed by atoms with van der Waals surface area (Å²) < 4.78 is 23.7. The molecule has 3 atom stereocenters. The van der Waals surface area contributed by atoms with Crippen molar-refractivity contribution in [3.8, 4) is 0 Å². The molecule has 0 aromatic heterocycles. The van der Waals surface area contributed by atoms with Gasteiger partial charge in [-0.25, -0.2) is 4.57 Å². The molecular weight excluding hydrogens is 744 g/mol. The number of nitrogens with zero attached hydrogens (tertiary/aromatic N) is 1. The van der Waals surface area contributed by atoms with Crippen molar-refractivity contribution in [1.29, 1.82) is 0 Å². The van der Waals surface area contributed by atoms with Gasteiger partial charge >= 0.3 is 7.82 Å². The SMILES string of the molecule is CCCCC/C=C\C/C=C\CCCCCCCCCC(=O)NC(COP(=O)(O)OCC[N+](C)(C)C)C(O)CCCCCCCCCCCCCCCCCCCCC. The second-order valence-corrected chi connectivity index (χ2v) is 19.6. The fraction of sp³-hybridized carbons (Fsp3) is 0.898. The van der Waals surface area contributed by atoms with E-state index in [0.717, 1.165) is 51.4 Å². The van der Waals surface area contributed by atoms with Crippen molar-refractivity contribution >= 4 is 13.7 Å². The van der Waals surface area contributed by atoms with Crippen molar-refractivity contribution in [1.82, 2.24) is 5.32 Å². The molecule has 0 heterocycles. The first-order valence-corrected chi connectivity index (χ1v) is 26.2. The van der Waals surface area contributed by atoms with Gasteiger partial charge in [-0.3, -0.25) is 13.8 Å². The Balaban J connectivity index is 4.29. The summed E-state index contributed by atoms with van der Waals surface area (Å²) >= 11 is 0. The van der Waals surface area contributed by atoms with Gasteiger partial charge in [0.05, 0.1) is 39.9 Å². The molecule has 344 valence electrons. The maximum atomic E-state index is 12.9. The molecule has 0 rings (SSSR count). The number of allylic oxidation sites excluding steroid dienone is 4. The number of likely N-dealkylation sites (N-methyl/N-ethyl adjacent to an activating group) is 1. The van der Waals surface area contributed by atoms with E-state index in [4.69, 9.17) is 9.05 Å². The minimum atomic E-state index is -4.32. The van der Waals surface area contributed by atoms with Gasteiger partial charge < -0.3 is 19.8 Å². The monoisotopic (exact) mass is 842 g/mol. The summed E-state index contributed by atoms with van der Waals surface area (Å²) in [5.41, 5.74) is 0. The zero-order valence-corrected chi connectivity index (χ0v) is 39.9. The minimum absolute atomic E-state index is 0.0738. The lowest BCUT2D eigenvalue weighted by molar-refractivity contribution is -0.870. The maximum Gasteiger partial charge on any atom is 0.472 e. The molecule has 0 aromatic rings. The number of hydrogen-bond acceptors (Lipinski definition) is 5. The highest BCUT2D eigenvalue weighted by Crippen LogP contribution is 2.43. The van der Waals surface area contributed by atoms with Gasteiger partial charge in [0.1, 0.15) is 13.2 Å². The van der Waals surface area contributed by atoms with Crippen molar-refractivity contribution in [3.05, 3.63) is 24.3 Å². The molecule has 0 saturated heterocycles. The Morgan fingerprint density at radius 2 is 0.983 bits per heavy atom. The highest BCUT2D eigenvalue weighted by Gasteiger charge is 2.28. The molecule has 9 heteroatoms. The van der Waals surface area contributed by atoms with Gasteiger partial charge in [-0.2, -0.15) is 0 Å². The number of phosphoric ester groups is 1. The number of aliphatic hydroxyl groups is 1. The summed E-state index contributed by atoms with van der Waals surface area (Å²) in [4.78, 5) is 23.2. The second-order valence-electron chi connectivity index (χ2n) is 18.2. The van der Waals surface area contributed by atoms with Crippen molar-refractivity contribution in [3.63, 3.8) is 0 Å². The van der Waals surface area contributed by atoms with E-state index in [9.17, 15) is 19.4 Å². The molecule has 0 bridgehead atoms. The van der Waals surface area contributed by atoms with E-state index in [-0.39, 0.29) is 19.1 Å². The molecule has 0 aliphatic carbocycles. The van der Waals surface area contributed by atoms with Crippen molar-refractivity contribution in [2.45, 2.75) is 244 Å². The number of hydrogen-bond donors (Lipinski definition) is 3. The Kier molecular flexibility index (Phi) is 40.6. The molecule has 0 saturated carbocycles. The van der Waals surface area contributed by atoms with Gasteiger partial charge in [0, 0.05) is 6.42 Å². The summed E-state index contributed by atoms with van der Waals surface area (Å²) in [6, 6.07) is -0.763. The molecule has 8 nitrogen and oxygen atoms in total. The average Bonchev–Trinajstić information content (AvgIpc) is 3.17. The molecule has 0 spiro atoms. The molecule has 0 aliphatic heterocycles. The number of nitrogens with one attached hydrogen (secondary N) is 1. The number of rotatable bonds is 45.